The van der Waals surface area contributed by atoms with Gasteiger partial charge in [-0.15, -0.1) is 0 Å². The SMILES string of the molecule is CC(C)(CI)OCc1cccc(Cl)c1. The van der Waals surface area contributed by atoms with Crippen LogP contribution in [0.15, 0.2) is 24.3 Å². The van der Waals surface area contributed by atoms with E-state index in [2.05, 4.69) is 36.4 Å². The van der Waals surface area contributed by atoms with Gasteiger partial charge in [-0.25, -0.2) is 0 Å². The van der Waals surface area contributed by atoms with E-state index in [0.717, 1.165) is 15.0 Å². The maximum absolute atomic E-state index is 5.87. The monoisotopic (exact) mass is 324 g/mol. The normalized spacial score (nSPS) is 11.7. The van der Waals surface area contributed by atoms with Crippen molar-refractivity contribution in [2.24, 2.45) is 0 Å². The quantitative estimate of drug-likeness (QED) is 0.599. The molecule has 0 amide bonds. The van der Waals surface area contributed by atoms with E-state index >= 15 is 0 Å². The fourth-order valence-corrected chi connectivity index (χ4v) is 1.38. The molecule has 0 fully saturated rings. The van der Waals surface area contributed by atoms with E-state index in [1.165, 1.54) is 0 Å². The summed E-state index contributed by atoms with van der Waals surface area (Å²) < 4.78 is 6.73. The average molecular weight is 325 g/mol. The van der Waals surface area contributed by atoms with Crippen molar-refractivity contribution >= 4 is 34.2 Å². The lowest BCUT2D eigenvalue weighted by Crippen LogP contribution is -2.25. The van der Waals surface area contributed by atoms with Crippen molar-refractivity contribution in [2.75, 3.05) is 4.43 Å². The molecular weight excluding hydrogens is 310 g/mol. The summed E-state index contributed by atoms with van der Waals surface area (Å²) in [6, 6.07) is 7.77. The molecule has 1 aromatic carbocycles. The molecule has 0 unspecified atom stereocenters. The molecule has 0 bridgehead atoms. The van der Waals surface area contributed by atoms with E-state index in [1.807, 2.05) is 24.3 Å². The van der Waals surface area contributed by atoms with E-state index in [-0.39, 0.29) is 5.60 Å². The van der Waals surface area contributed by atoms with Crippen molar-refractivity contribution < 1.29 is 4.74 Å². The van der Waals surface area contributed by atoms with Crippen molar-refractivity contribution in [1.82, 2.24) is 0 Å². The number of benzene rings is 1. The van der Waals surface area contributed by atoms with Crippen molar-refractivity contribution in [1.29, 1.82) is 0 Å². The van der Waals surface area contributed by atoms with Crippen LogP contribution in [0, 0.1) is 0 Å². The van der Waals surface area contributed by atoms with Gasteiger partial charge in [0.25, 0.3) is 0 Å². The molecule has 0 aliphatic heterocycles. The van der Waals surface area contributed by atoms with Crippen LogP contribution in [0.1, 0.15) is 19.4 Å². The minimum Gasteiger partial charge on any atom is -0.370 e. The molecular formula is C11H14ClIO. The molecule has 1 rings (SSSR count). The third kappa shape index (κ3) is 4.15. The number of hydrogen-bond acceptors (Lipinski definition) is 1. The van der Waals surface area contributed by atoms with Gasteiger partial charge in [-0.1, -0.05) is 46.3 Å². The number of ether oxygens (including phenoxy) is 1. The standard InChI is InChI=1S/C11H14ClIO/c1-11(2,8-13)14-7-9-4-3-5-10(12)6-9/h3-6H,7-8H2,1-2H3. The Labute approximate surface area is 104 Å². The Bertz CT molecular complexity index is 299. The first-order chi connectivity index (χ1) is 6.53. The van der Waals surface area contributed by atoms with E-state index in [4.69, 9.17) is 16.3 Å². The van der Waals surface area contributed by atoms with Crippen LogP contribution in [-0.4, -0.2) is 10.0 Å². The minimum atomic E-state index is -0.0666. The van der Waals surface area contributed by atoms with Gasteiger partial charge in [0.15, 0.2) is 0 Å². The molecule has 0 heterocycles. The molecule has 0 radical (unpaired) electrons. The molecule has 1 aromatic rings. The van der Waals surface area contributed by atoms with Crippen LogP contribution >= 0.6 is 34.2 Å². The summed E-state index contributed by atoms with van der Waals surface area (Å²) in [6.07, 6.45) is 0. The summed E-state index contributed by atoms with van der Waals surface area (Å²) >= 11 is 8.20. The average Bonchev–Trinajstić information content (AvgIpc) is 2.15. The number of halogens is 2. The zero-order chi connectivity index (χ0) is 10.6. The third-order valence-electron chi connectivity index (χ3n) is 1.84. The Morgan fingerprint density at radius 1 is 1.43 bits per heavy atom. The number of alkyl halides is 1. The van der Waals surface area contributed by atoms with Gasteiger partial charge in [-0.2, -0.15) is 0 Å². The second kappa shape index (κ2) is 5.33. The Balaban J connectivity index is 2.54. The van der Waals surface area contributed by atoms with Crippen LogP contribution in [0.4, 0.5) is 0 Å². The van der Waals surface area contributed by atoms with Crippen LogP contribution < -0.4 is 0 Å². The molecule has 0 atom stereocenters. The van der Waals surface area contributed by atoms with Crippen LogP contribution in [0.3, 0.4) is 0 Å². The molecule has 0 aromatic heterocycles. The summed E-state index contributed by atoms with van der Waals surface area (Å²) in [5, 5.41) is 0.762. The summed E-state index contributed by atoms with van der Waals surface area (Å²) in [7, 11) is 0. The highest BCUT2D eigenvalue weighted by atomic mass is 127. The van der Waals surface area contributed by atoms with Crippen LogP contribution in [0.2, 0.25) is 5.02 Å². The highest BCUT2D eigenvalue weighted by molar-refractivity contribution is 14.1. The molecule has 0 saturated carbocycles. The molecule has 78 valence electrons. The van der Waals surface area contributed by atoms with Gasteiger partial charge in [0.1, 0.15) is 0 Å². The molecule has 0 N–H and O–H groups in total. The van der Waals surface area contributed by atoms with Gasteiger partial charge >= 0.3 is 0 Å². The van der Waals surface area contributed by atoms with Crippen molar-refractivity contribution in [3.8, 4) is 0 Å². The predicted octanol–water partition coefficient (Wildman–Crippen LogP) is 4.07. The van der Waals surface area contributed by atoms with Crippen molar-refractivity contribution in [3.05, 3.63) is 34.9 Å². The van der Waals surface area contributed by atoms with E-state index in [1.54, 1.807) is 0 Å². The van der Waals surface area contributed by atoms with Gasteiger partial charge in [0, 0.05) is 9.45 Å². The summed E-state index contributed by atoms with van der Waals surface area (Å²) in [4.78, 5) is 0. The Kier molecular flexibility index (Phi) is 4.67. The lowest BCUT2D eigenvalue weighted by molar-refractivity contribution is -0.00907. The fourth-order valence-electron chi connectivity index (χ4n) is 0.944. The van der Waals surface area contributed by atoms with E-state index in [9.17, 15) is 0 Å². The molecule has 0 spiro atoms. The Morgan fingerprint density at radius 2 is 2.14 bits per heavy atom. The second-order valence-corrected chi connectivity index (χ2v) is 5.01. The van der Waals surface area contributed by atoms with E-state index < -0.39 is 0 Å². The zero-order valence-electron chi connectivity index (χ0n) is 8.39. The smallest absolute Gasteiger partial charge is 0.0725 e. The van der Waals surface area contributed by atoms with Crippen LogP contribution in [0.25, 0.3) is 0 Å². The van der Waals surface area contributed by atoms with Crippen molar-refractivity contribution in [3.63, 3.8) is 0 Å². The van der Waals surface area contributed by atoms with Gasteiger partial charge in [-0.05, 0) is 31.5 Å². The fraction of sp³-hybridized carbons (Fsp3) is 0.455. The Hall–Kier alpha value is 0.200. The maximum atomic E-state index is 5.87. The first-order valence-electron chi connectivity index (χ1n) is 4.48. The molecule has 3 heteroatoms. The van der Waals surface area contributed by atoms with Gasteiger partial charge in [-0.3, -0.25) is 0 Å². The topological polar surface area (TPSA) is 9.23 Å². The number of rotatable bonds is 4. The molecule has 14 heavy (non-hydrogen) atoms. The van der Waals surface area contributed by atoms with Gasteiger partial charge in [0.2, 0.25) is 0 Å². The van der Waals surface area contributed by atoms with E-state index in [0.29, 0.717) is 6.61 Å². The first kappa shape index (κ1) is 12.3. The van der Waals surface area contributed by atoms with Gasteiger partial charge < -0.3 is 4.74 Å². The van der Waals surface area contributed by atoms with Crippen LogP contribution in [0.5, 0.6) is 0 Å². The molecule has 0 aliphatic rings. The number of hydrogen-bond donors (Lipinski definition) is 0. The summed E-state index contributed by atoms with van der Waals surface area (Å²) in [5.74, 6) is 0. The Morgan fingerprint density at radius 3 is 2.71 bits per heavy atom. The van der Waals surface area contributed by atoms with Crippen molar-refractivity contribution in [2.45, 2.75) is 26.1 Å². The highest BCUT2D eigenvalue weighted by Gasteiger charge is 2.15. The highest BCUT2D eigenvalue weighted by Crippen LogP contribution is 2.17. The molecule has 0 aliphatic carbocycles. The lowest BCUT2D eigenvalue weighted by atomic mass is 10.2. The first-order valence-corrected chi connectivity index (χ1v) is 6.38. The maximum Gasteiger partial charge on any atom is 0.0725 e. The minimum absolute atomic E-state index is 0.0666. The summed E-state index contributed by atoms with van der Waals surface area (Å²) in [6.45, 7) is 4.80. The third-order valence-corrected chi connectivity index (χ3v) is 3.91. The van der Waals surface area contributed by atoms with Crippen LogP contribution in [-0.2, 0) is 11.3 Å². The predicted molar refractivity (Wildman–Crippen MR) is 69.2 cm³/mol. The molecule has 1 nitrogen and oxygen atoms in total. The molecule has 0 saturated heterocycles. The zero-order valence-corrected chi connectivity index (χ0v) is 11.3. The van der Waals surface area contributed by atoms with Gasteiger partial charge in [0.05, 0.1) is 12.2 Å². The summed E-state index contributed by atoms with van der Waals surface area (Å²) in [5.41, 5.74) is 1.05. The largest absolute Gasteiger partial charge is 0.370 e. The lowest BCUT2D eigenvalue weighted by Gasteiger charge is -2.22. The second-order valence-electron chi connectivity index (χ2n) is 3.81.